The highest BCUT2D eigenvalue weighted by molar-refractivity contribution is 5.78. The highest BCUT2D eigenvalue weighted by Crippen LogP contribution is 2.23. The fraction of sp³-hybridized carbons (Fsp3) is 0.462. The van der Waals surface area contributed by atoms with Gasteiger partial charge < -0.3 is 4.74 Å². The lowest BCUT2D eigenvalue weighted by Gasteiger charge is -2.09. The monoisotopic (exact) mass is 260 g/mol. The predicted molar refractivity (Wildman–Crippen MR) is 61.4 cm³/mol. The molecular weight excluding hydrogens is 245 g/mol. The SMILES string of the molecule is CCCC(=O)CCc1cccc(OC(F)(F)F)c1. The predicted octanol–water partition coefficient (Wildman–Crippen LogP) is 3.89. The van der Waals surface area contributed by atoms with Gasteiger partial charge in [-0.25, -0.2) is 0 Å². The Morgan fingerprint density at radius 2 is 2.00 bits per heavy atom. The van der Waals surface area contributed by atoms with Crippen LogP contribution < -0.4 is 4.74 Å². The molecule has 1 aromatic carbocycles. The Morgan fingerprint density at radius 3 is 2.61 bits per heavy atom. The molecule has 0 saturated heterocycles. The van der Waals surface area contributed by atoms with Crippen molar-refractivity contribution >= 4 is 5.78 Å². The number of aryl methyl sites for hydroxylation is 1. The molecule has 0 aliphatic heterocycles. The largest absolute Gasteiger partial charge is 0.573 e. The number of ketones is 1. The minimum atomic E-state index is -4.68. The molecule has 18 heavy (non-hydrogen) atoms. The Morgan fingerprint density at radius 1 is 1.28 bits per heavy atom. The number of carbonyl (C=O) groups excluding carboxylic acids is 1. The highest BCUT2D eigenvalue weighted by atomic mass is 19.4. The van der Waals surface area contributed by atoms with Gasteiger partial charge >= 0.3 is 6.36 Å². The van der Waals surface area contributed by atoms with E-state index in [0.717, 1.165) is 6.42 Å². The summed E-state index contributed by atoms with van der Waals surface area (Å²) in [4.78, 5) is 11.3. The molecule has 5 heteroatoms. The molecule has 1 rings (SSSR count). The fourth-order valence-electron chi connectivity index (χ4n) is 1.59. The van der Waals surface area contributed by atoms with Crippen molar-refractivity contribution in [1.29, 1.82) is 0 Å². The maximum atomic E-state index is 12.0. The molecule has 0 amide bonds. The maximum Gasteiger partial charge on any atom is 0.573 e. The number of hydrogen-bond donors (Lipinski definition) is 0. The Hall–Kier alpha value is -1.52. The summed E-state index contributed by atoms with van der Waals surface area (Å²) >= 11 is 0. The van der Waals surface area contributed by atoms with Gasteiger partial charge in [0.05, 0.1) is 0 Å². The van der Waals surface area contributed by atoms with Gasteiger partial charge in [0.2, 0.25) is 0 Å². The van der Waals surface area contributed by atoms with Crippen LogP contribution in [0.15, 0.2) is 24.3 Å². The molecular formula is C13H15F3O2. The molecule has 0 radical (unpaired) electrons. The van der Waals surface area contributed by atoms with Crippen LogP contribution in [0.2, 0.25) is 0 Å². The minimum Gasteiger partial charge on any atom is -0.406 e. The van der Waals surface area contributed by atoms with E-state index in [1.807, 2.05) is 6.92 Å². The van der Waals surface area contributed by atoms with Crippen molar-refractivity contribution in [2.45, 2.75) is 39.0 Å². The number of rotatable bonds is 6. The van der Waals surface area contributed by atoms with Gasteiger partial charge in [-0.1, -0.05) is 19.1 Å². The third kappa shape index (κ3) is 5.70. The zero-order valence-corrected chi connectivity index (χ0v) is 10.1. The van der Waals surface area contributed by atoms with Crippen molar-refractivity contribution in [1.82, 2.24) is 0 Å². The number of benzene rings is 1. The molecule has 0 fully saturated rings. The minimum absolute atomic E-state index is 0.125. The van der Waals surface area contributed by atoms with Crippen LogP contribution >= 0.6 is 0 Å². The van der Waals surface area contributed by atoms with Crippen LogP contribution in [0, 0.1) is 0 Å². The standard InChI is InChI=1S/C13H15F3O2/c1-2-4-11(17)8-7-10-5-3-6-12(9-10)18-13(14,15)16/h3,5-6,9H,2,4,7-8H2,1H3. The normalized spacial score (nSPS) is 11.3. The number of alkyl halides is 3. The summed E-state index contributed by atoms with van der Waals surface area (Å²) in [6.45, 7) is 1.91. The summed E-state index contributed by atoms with van der Waals surface area (Å²) in [7, 11) is 0. The molecule has 0 aliphatic carbocycles. The van der Waals surface area contributed by atoms with E-state index in [2.05, 4.69) is 4.74 Å². The molecule has 0 unspecified atom stereocenters. The number of Topliss-reactive ketones (excluding diaryl/α,β-unsaturated/α-hetero) is 1. The van der Waals surface area contributed by atoms with Gasteiger partial charge in [0, 0.05) is 12.8 Å². The first-order valence-corrected chi connectivity index (χ1v) is 5.77. The van der Waals surface area contributed by atoms with E-state index in [4.69, 9.17) is 0 Å². The van der Waals surface area contributed by atoms with Crippen LogP contribution in [-0.2, 0) is 11.2 Å². The van der Waals surface area contributed by atoms with E-state index < -0.39 is 6.36 Å². The molecule has 1 aromatic rings. The number of halogens is 3. The second kappa shape index (κ2) is 6.42. The van der Waals surface area contributed by atoms with Gasteiger partial charge in [-0.2, -0.15) is 0 Å². The Kier molecular flexibility index (Phi) is 5.19. The Labute approximate surface area is 104 Å². The number of hydrogen-bond acceptors (Lipinski definition) is 2. The molecule has 100 valence electrons. The van der Waals surface area contributed by atoms with Gasteiger partial charge in [0.15, 0.2) is 0 Å². The maximum absolute atomic E-state index is 12.0. The van der Waals surface area contributed by atoms with E-state index in [1.165, 1.54) is 18.2 Å². The van der Waals surface area contributed by atoms with Crippen LogP contribution in [0.5, 0.6) is 5.75 Å². The van der Waals surface area contributed by atoms with E-state index in [0.29, 0.717) is 24.8 Å². The summed E-state index contributed by atoms with van der Waals surface area (Å²) in [6, 6.07) is 5.72. The first-order valence-electron chi connectivity index (χ1n) is 5.77. The van der Waals surface area contributed by atoms with Gasteiger partial charge in [-0.3, -0.25) is 4.79 Å². The summed E-state index contributed by atoms with van der Waals surface area (Å²) in [5.41, 5.74) is 0.668. The summed E-state index contributed by atoms with van der Waals surface area (Å²) in [6.07, 6.45) is -2.59. The van der Waals surface area contributed by atoms with E-state index in [-0.39, 0.29) is 11.5 Å². The molecule has 0 aromatic heterocycles. The smallest absolute Gasteiger partial charge is 0.406 e. The van der Waals surface area contributed by atoms with Gasteiger partial charge in [0.25, 0.3) is 0 Å². The van der Waals surface area contributed by atoms with E-state index >= 15 is 0 Å². The lowest BCUT2D eigenvalue weighted by molar-refractivity contribution is -0.274. The Bertz CT molecular complexity index is 399. The summed E-state index contributed by atoms with van der Waals surface area (Å²) < 4.78 is 39.8. The lowest BCUT2D eigenvalue weighted by atomic mass is 10.1. The molecule has 0 saturated carbocycles. The molecule has 2 nitrogen and oxygen atoms in total. The van der Waals surface area contributed by atoms with Crippen molar-refractivity contribution in [3.63, 3.8) is 0 Å². The third-order valence-electron chi connectivity index (χ3n) is 2.35. The summed E-state index contributed by atoms with van der Waals surface area (Å²) in [5.74, 6) is -0.123. The highest BCUT2D eigenvalue weighted by Gasteiger charge is 2.31. The van der Waals surface area contributed by atoms with E-state index in [9.17, 15) is 18.0 Å². The third-order valence-corrected chi connectivity index (χ3v) is 2.35. The second-order valence-corrected chi connectivity index (χ2v) is 3.98. The van der Waals surface area contributed by atoms with Gasteiger partial charge in [-0.05, 0) is 30.5 Å². The fourth-order valence-corrected chi connectivity index (χ4v) is 1.59. The zero-order chi connectivity index (χ0) is 13.6. The van der Waals surface area contributed by atoms with Crippen LogP contribution in [-0.4, -0.2) is 12.1 Å². The van der Waals surface area contributed by atoms with Crippen molar-refractivity contribution in [3.05, 3.63) is 29.8 Å². The Balaban J connectivity index is 2.57. The molecule has 0 spiro atoms. The quantitative estimate of drug-likeness (QED) is 0.775. The average molecular weight is 260 g/mol. The van der Waals surface area contributed by atoms with Crippen molar-refractivity contribution in [2.75, 3.05) is 0 Å². The first-order chi connectivity index (χ1) is 8.40. The van der Waals surface area contributed by atoms with Crippen molar-refractivity contribution in [2.24, 2.45) is 0 Å². The van der Waals surface area contributed by atoms with Crippen molar-refractivity contribution in [3.8, 4) is 5.75 Å². The second-order valence-electron chi connectivity index (χ2n) is 3.98. The van der Waals surface area contributed by atoms with Gasteiger partial charge in [-0.15, -0.1) is 13.2 Å². The van der Waals surface area contributed by atoms with Crippen LogP contribution in [0.25, 0.3) is 0 Å². The molecule has 0 atom stereocenters. The molecule has 0 heterocycles. The lowest BCUT2D eigenvalue weighted by Crippen LogP contribution is -2.17. The topological polar surface area (TPSA) is 26.3 Å². The average Bonchev–Trinajstić information content (AvgIpc) is 2.25. The van der Waals surface area contributed by atoms with E-state index in [1.54, 1.807) is 6.07 Å². The first kappa shape index (κ1) is 14.5. The summed E-state index contributed by atoms with van der Waals surface area (Å²) in [5, 5.41) is 0. The molecule has 0 N–H and O–H groups in total. The van der Waals surface area contributed by atoms with Crippen LogP contribution in [0.1, 0.15) is 31.7 Å². The van der Waals surface area contributed by atoms with Gasteiger partial charge in [0.1, 0.15) is 11.5 Å². The van der Waals surface area contributed by atoms with Crippen LogP contribution in [0.3, 0.4) is 0 Å². The molecule has 0 aliphatic rings. The zero-order valence-electron chi connectivity index (χ0n) is 10.1. The molecule has 0 bridgehead atoms. The number of carbonyl (C=O) groups is 1. The van der Waals surface area contributed by atoms with Crippen LogP contribution in [0.4, 0.5) is 13.2 Å². The number of ether oxygens (including phenoxy) is 1. The van der Waals surface area contributed by atoms with Crippen molar-refractivity contribution < 1.29 is 22.7 Å².